The number of rotatable bonds is 4. The summed E-state index contributed by atoms with van der Waals surface area (Å²) >= 11 is 0. The molecule has 2 heteroatoms. The fourth-order valence-corrected chi connectivity index (χ4v) is 4.19. The highest BCUT2D eigenvalue weighted by Gasteiger charge is 2.45. The van der Waals surface area contributed by atoms with Crippen molar-refractivity contribution in [1.82, 2.24) is 10.2 Å². The van der Waals surface area contributed by atoms with Crippen molar-refractivity contribution in [3.8, 4) is 0 Å². The van der Waals surface area contributed by atoms with Gasteiger partial charge in [-0.05, 0) is 50.5 Å². The van der Waals surface area contributed by atoms with E-state index in [2.05, 4.69) is 24.1 Å². The van der Waals surface area contributed by atoms with Crippen LogP contribution >= 0.6 is 0 Å². The highest BCUT2D eigenvalue weighted by atomic mass is 15.3. The molecule has 1 N–H and O–H groups in total. The van der Waals surface area contributed by atoms with E-state index in [1.165, 1.54) is 71.0 Å². The number of hydrogen-bond donors (Lipinski definition) is 1. The van der Waals surface area contributed by atoms with Crippen molar-refractivity contribution in [3.63, 3.8) is 0 Å². The molecular formula is C17H32N2. The fourth-order valence-electron chi connectivity index (χ4n) is 4.19. The van der Waals surface area contributed by atoms with Crippen molar-refractivity contribution in [3.05, 3.63) is 0 Å². The molecule has 0 radical (unpaired) electrons. The second-order valence-electron chi connectivity index (χ2n) is 7.74. The first-order chi connectivity index (χ1) is 9.20. The zero-order chi connectivity index (χ0) is 13.3. The zero-order valence-electron chi connectivity index (χ0n) is 13.0. The highest BCUT2D eigenvalue weighted by molar-refractivity contribution is 5.03. The molecule has 2 saturated carbocycles. The number of hydrogen-bond acceptors (Lipinski definition) is 2. The topological polar surface area (TPSA) is 15.3 Å². The van der Waals surface area contributed by atoms with Crippen LogP contribution in [0, 0.1) is 11.8 Å². The number of piperazine rings is 1. The molecule has 2 nitrogen and oxygen atoms in total. The molecule has 1 spiro atoms. The van der Waals surface area contributed by atoms with E-state index >= 15 is 0 Å². The molecule has 0 aromatic heterocycles. The van der Waals surface area contributed by atoms with E-state index in [-0.39, 0.29) is 0 Å². The largest absolute Gasteiger partial charge is 0.311 e. The molecule has 3 rings (SSSR count). The highest BCUT2D eigenvalue weighted by Crippen LogP contribution is 2.40. The van der Waals surface area contributed by atoms with E-state index in [1.54, 1.807) is 0 Å². The molecular weight excluding hydrogens is 232 g/mol. The summed E-state index contributed by atoms with van der Waals surface area (Å²) in [6.07, 6.45) is 11.6. The van der Waals surface area contributed by atoms with Crippen molar-refractivity contribution in [2.75, 3.05) is 19.6 Å². The molecule has 0 aromatic rings. The third-order valence-electron chi connectivity index (χ3n) is 5.73. The van der Waals surface area contributed by atoms with Gasteiger partial charge in [0.1, 0.15) is 0 Å². The second-order valence-corrected chi connectivity index (χ2v) is 7.74. The Hall–Kier alpha value is -0.0800. The Bertz CT molecular complexity index is 290. The standard InChI is InChI=1S/C17H32N2/c1-14(2)8-11-19-12-16(15-6-7-15)18-13-17(19)9-4-3-5-10-17/h14-16,18H,3-13H2,1-2H3. The first-order valence-electron chi connectivity index (χ1n) is 8.68. The summed E-state index contributed by atoms with van der Waals surface area (Å²) < 4.78 is 0. The van der Waals surface area contributed by atoms with Crippen molar-refractivity contribution < 1.29 is 0 Å². The smallest absolute Gasteiger partial charge is 0.0334 e. The van der Waals surface area contributed by atoms with Crippen LogP contribution in [0.4, 0.5) is 0 Å². The van der Waals surface area contributed by atoms with Gasteiger partial charge < -0.3 is 5.32 Å². The minimum absolute atomic E-state index is 0.526. The Morgan fingerprint density at radius 1 is 1.16 bits per heavy atom. The monoisotopic (exact) mass is 264 g/mol. The summed E-state index contributed by atoms with van der Waals surface area (Å²) in [5.74, 6) is 1.84. The molecule has 1 atom stereocenters. The van der Waals surface area contributed by atoms with Crippen molar-refractivity contribution in [2.45, 2.75) is 76.8 Å². The van der Waals surface area contributed by atoms with Crippen LogP contribution < -0.4 is 5.32 Å². The van der Waals surface area contributed by atoms with E-state index in [0.29, 0.717) is 5.54 Å². The summed E-state index contributed by atoms with van der Waals surface area (Å²) in [4.78, 5) is 2.91. The van der Waals surface area contributed by atoms with Gasteiger partial charge >= 0.3 is 0 Å². The normalized spacial score (nSPS) is 32.1. The Morgan fingerprint density at radius 3 is 2.53 bits per heavy atom. The Labute approximate surface area is 119 Å². The van der Waals surface area contributed by atoms with E-state index in [9.17, 15) is 0 Å². The van der Waals surface area contributed by atoms with Crippen LogP contribution in [-0.4, -0.2) is 36.1 Å². The van der Waals surface area contributed by atoms with Gasteiger partial charge in [0.25, 0.3) is 0 Å². The molecule has 1 saturated heterocycles. The average molecular weight is 264 g/mol. The maximum Gasteiger partial charge on any atom is 0.0334 e. The van der Waals surface area contributed by atoms with E-state index in [0.717, 1.165) is 17.9 Å². The van der Waals surface area contributed by atoms with Gasteiger partial charge in [-0.1, -0.05) is 33.1 Å². The van der Waals surface area contributed by atoms with Crippen molar-refractivity contribution in [2.24, 2.45) is 11.8 Å². The summed E-state index contributed by atoms with van der Waals surface area (Å²) in [5.41, 5.74) is 0.526. The molecule has 1 unspecified atom stereocenters. The van der Waals surface area contributed by atoms with E-state index in [1.807, 2.05) is 0 Å². The van der Waals surface area contributed by atoms with Gasteiger partial charge in [-0.25, -0.2) is 0 Å². The van der Waals surface area contributed by atoms with E-state index < -0.39 is 0 Å². The molecule has 3 aliphatic rings. The lowest BCUT2D eigenvalue weighted by molar-refractivity contribution is 0.00335. The summed E-state index contributed by atoms with van der Waals surface area (Å²) in [6.45, 7) is 8.68. The summed E-state index contributed by atoms with van der Waals surface area (Å²) in [7, 11) is 0. The maximum atomic E-state index is 3.92. The molecule has 110 valence electrons. The van der Waals surface area contributed by atoms with Crippen molar-refractivity contribution in [1.29, 1.82) is 0 Å². The van der Waals surface area contributed by atoms with Crippen LogP contribution in [0.1, 0.15) is 65.2 Å². The Morgan fingerprint density at radius 2 is 1.89 bits per heavy atom. The molecule has 2 aliphatic carbocycles. The number of nitrogens with zero attached hydrogens (tertiary/aromatic N) is 1. The first-order valence-corrected chi connectivity index (χ1v) is 8.68. The predicted octanol–water partition coefficient (Wildman–Crippen LogP) is 3.42. The fraction of sp³-hybridized carbons (Fsp3) is 1.00. The minimum Gasteiger partial charge on any atom is -0.311 e. The quantitative estimate of drug-likeness (QED) is 0.837. The van der Waals surface area contributed by atoms with E-state index in [4.69, 9.17) is 0 Å². The SMILES string of the molecule is CC(C)CCN1CC(C2CC2)NCC12CCCCC2. The van der Waals surface area contributed by atoms with Crippen LogP contribution in [0.25, 0.3) is 0 Å². The van der Waals surface area contributed by atoms with Gasteiger partial charge in [0.05, 0.1) is 0 Å². The molecule has 1 heterocycles. The van der Waals surface area contributed by atoms with Crippen LogP contribution in [-0.2, 0) is 0 Å². The third kappa shape index (κ3) is 3.16. The lowest BCUT2D eigenvalue weighted by Gasteiger charge is -2.52. The molecule has 3 fully saturated rings. The Balaban J connectivity index is 1.66. The van der Waals surface area contributed by atoms with Gasteiger partial charge in [0.2, 0.25) is 0 Å². The zero-order valence-corrected chi connectivity index (χ0v) is 13.0. The third-order valence-corrected chi connectivity index (χ3v) is 5.73. The van der Waals surface area contributed by atoms with Gasteiger partial charge in [0, 0.05) is 24.7 Å². The van der Waals surface area contributed by atoms with Crippen LogP contribution in [0.3, 0.4) is 0 Å². The average Bonchev–Trinajstić information content (AvgIpc) is 3.23. The predicted molar refractivity (Wildman–Crippen MR) is 81.4 cm³/mol. The van der Waals surface area contributed by atoms with Crippen LogP contribution in [0.2, 0.25) is 0 Å². The molecule has 0 aromatic carbocycles. The molecule has 19 heavy (non-hydrogen) atoms. The Kier molecular flexibility index (Phi) is 4.19. The van der Waals surface area contributed by atoms with Crippen LogP contribution in [0.5, 0.6) is 0 Å². The number of nitrogens with one attached hydrogen (secondary N) is 1. The molecule has 1 aliphatic heterocycles. The molecule has 0 amide bonds. The van der Waals surface area contributed by atoms with Gasteiger partial charge in [-0.2, -0.15) is 0 Å². The van der Waals surface area contributed by atoms with Gasteiger partial charge in [-0.15, -0.1) is 0 Å². The first kappa shape index (κ1) is 13.9. The minimum atomic E-state index is 0.526. The van der Waals surface area contributed by atoms with Gasteiger partial charge in [0.15, 0.2) is 0 Å². The van der Waals surface area contributed by atoms with Gasteiger partial charge in [-0.3, -0.25) is 4.90 Å². The second kappa shape index (κ2) is 5.73. The lowest BCUT2D eigenvalue weighted by Crippen LogP contribution is -2.65. The molecule has 0 bridgehead atoms. The summed E-state index contributed by atoms with van der Waals surface area (Å²) in [6, 6.07) is 0.805. The summed E-state index contributed by atoms with van der Waals surface area (Å²) in [5, 5.41) is 3.92. The van der Waals surface area contributed by atoms with Crippen molar-refractivity contribution >= 4 is 0 Å². The maximum absolute atomic E-state index is 3.92. The van der Waals surface area contributed by atoms with Crippen LogP contribution in [0.15, 0.2) is 0 Å². The lowest BCUT2D eigenvalue weighted by atomic mass is 9.78.